The summed E-state index contributed by atoms with van der Waals surface area (Å²) in [5.74, 6) is -1.38. The normalized spacial score (nSPS) is 46.7. The fourth-order valence-corrected chi connectivity index (χ4v) is 3.01. The number of hydrogen-bond donors (Lipinski definition) is 5. The van der Waals surface area contributed by atoms with Crippen LogP contribution in [0.4, 0.5) is 0 Å². The number of hydrogen-bond acceptors (Lipinski definition) is 9. The molecule has 0 aromatic carbocycles. The molecule has 0 bridgehead atoms. The van der Waals surface area contributed by atoms with Crippen LogP contribution in [0.3, 0.4) is 0 Å². The van der Waals surface area contributed by atoms with Gasteiger partial charge >= 0.3 is 5.97 Å². The first kappa shape index (κ1) is 19.5. The van der Waals surface area contributed by atoms with E-state index in [0.29, 0.717) is 0 Å². The standard InChI is InChI=1S/C14H24O10/c1-5-3-6(8(16)7(4-15)22-5)23-14-10(18)9(17)11(21-2)12(24-14)13(19)20/h5-12,14-18H,3-4H2,1-2H3,(H,19,20)/t5?,6-,7-,8?,9+,10-,11?,12+,14-/m0/s1. The highest BCUT2D eigenvalue weighted by Crippen LogP contribution is 2.29. The van der Waals surface area contributed by atoms with Gasteiger partial charge in [0.1, 0.15) is 30.5 Å². The zero-order valence-corrected chi connectivity index (χ0v) is 13.4. The van der Waals surface area contributed by atoms with E-state index in [1.165, 1.54) is 7.11 Å². The topological polar surface area (TPSA) is 155 Å². The summed E-state index contributed by atoms with van der Waals surface area (Å²) >= 11 is 0. The number of rotatable bonds is 5. The lowest BCUT2D eigenvalue weighted by molar-refractivity contribution is -0.324. The molecule has 0 saturated carbocycles. The van der Waals surface area contributed by atoms with Crippen LogP contribution in [-0.4, -0.2) is 100 Å². The fraction of sp³-hybridized carbons (Fsp3) is 0.929. The van der Waals surface area contributed by atoms with E-state index in [-0.39, 0.29) is 12.5 Å². The first-order valence-corrected chi connectivity index (χ1v) is 7.67. The zero-order chi connectivity index (χ0) is 18.0. The van der Waals surface area contributed by atoms with Crippen LogP contribution in [0.1, 0.15) is 13.3 Å². The highest BCUT2D eigenvalue weighted by Gasteiger charge is 2.50. The summed E-state index contributed by atoms with van der Waals surface area (Å²) in [6, 6.07) is 0. The van der Waals surface area contributed by atoms with E-state index in [1.54, 1.807) is 6.92 Å². The Morgan fingerprint density at radius 2 is 1.83 bits per heavy atom. The van der Waals surface area contributed by atoms with Crippen LogP contribution in [0, 0.1) is 0 Å². The van der Waals surface area contributed by atoms with Crippen LogP contribution in [-0.2, 0) is 23.7 Å². The van der Waals surface area contributed by atoms with Crippen LogP contribution >= 0.6 is 0 Å². The Kier molecular flexibility index (Phi) is 6.51. The smallest absolute Gasteiger partial charge is 0.335 e. The van der Waals surface area contributed by atoms with Crippen molar-refractivity contribution in [2.24, 2.45) is 0 Å². The average Bonchev–Trinajstić information content (AvgIpc) is 2.54. The Morgan fingerprint density at radius 3 is 2.38 bits per heavy atom. The summed E-state index contributed by atoms with van der Waals surface area (Å²) in [6.45, 7) is 1.30. The van der Waals surface area contributed by atoms with E-state index < -0.39 is 61.6 Å². The van der Waals surface area contributed by atoms with Crippen molar-refractivity contribution in [2.45, 2.75) is 68.5 Å². The highest BCUT2D eigenvalue weighted by atomic mass is 16.7. The molecule has 5 N–H and O–H groups in total. The lowest BCUT2D eigenvalue weighted by Crippen LogP contribution is -2.62. The molecular weight excluding hydrogens is 328 g/mol. The molecule has 0 spiro atoms. The Morgan fingerprint density at radius 1 is 1.17 bits per heavy atom. The van der Waals surface area contributed by atoms with Crippen LogP contribution in [0.25, 0.3) is 0 Å². The molecular formula is C14H24O10. The summed E-state index contributed by atoms with van der Waals surface area (Å²) in [5.41, 5.74) is 0. The Hall–Kier alpha value is -0.850. The van der Waals surface area contributed by atoms with Gasteiger partial charge in [0.05, 0.1) is 18.8 Å². The van der Waals surface area contributed by atoms with Gasteiger partial charge in [0.15, 0.2) is 12.4 Å². The quantitative estimate of drug-likeness (QED) is 0.357. The minimum atomic E-state index is -1.57. The molecule has 0 aliphatic carbocycles. The van der Waals surface area contributed by atoms with Crippen molar-refractivity contribution in [2.75, 3.05) is 13.7 Å². The van der Waals surface area contributed by atoms with Gasteiger partial charge in [0, 0.05) is 13.5 Å². The molecule has 10 nitrogen and oxygen atoms in total. The summed E-state index contributed by atoms with van der Waals surface area (Å²) in [7, 11) is 1.19. The third-order valence-corrected chi connectivity index (χ3v) is 4.28. The van der Waals surface area contributed by atoms with E-state index in [1.807, 2.05) is 0 Å². The van der Waals surface area contributed by atoms with Crippen molar-refractivity contribution >= 4 is 5.97 Å². The van der Waals surface area contributed by atoms with E-state index in [2.05, 4.69) is 0 Å². The molecule has 2 aliphatic rings. The molecule has 10 heteroatoms. The van der Waals surface area contributed by atoms with Crippen LogP contribution in [0.2, 0.25) is 0 Å². The van der Waals surface area contributed by atoms with E-state index in [0.717, 1.165) is 0 Å². The Bertz CT molecular complexity index is 432. The van der Waals surface area contributed by atoms with Crippen LogP contribution < -0.4 is 0 Å². The molecule has 0 amide bonds. The lowest BCUT2D eigenvalue weighted by Gasteiger charge is -2.44. The van der Waals surface area contributed by atoms with Gasteiger partial charge in [0.25, 0.3) is 0 Å². The molecule has 2 saturated heterocycles. The molecule has 140 valence electrons. The summed E-state index contributed by atoms with van der Waals surface area (Å²) in [5, 5.41) is 48.7. The minimum absolute atomic E-state index is 0.242. The first-order valence-electron chi connectivity index (χ1n) is 7.67. The number of carbonyl (C=O) groups is 1. The maximum absolute atomic E-state index is 11.3. The number of methoxy groups -OCH3 is 1. The largest absolute Gasteiger partial charge is 0.479 e. The lowest BCUT2D eigenvalue weighted by atomic mass is 9.96. The molecule has 2 heterocycles. The van der Waals surface area contributed by atoms with Crippen molar-refractivity contribution in [1.82, 2.24) is 0 Å². The number of aliphatic hydroxyl groups excluding tert-OH is 4. The fourth-order valence-electron chi connectivity index (χ4n) is 3.01. The maximum Gasteiger partial charge on any atom is 0.335 e. The Balaban J connectivity index is 2.11. The van der Waals surface area contributed by atoms with Crippen molar-refractivity contribution < 1.29 is 49.3 Å². The molecule has 2 aliphatic heterocycles. The molecule has 9 atom stereocenters. The number of carboxylic acids is 1. The third-order valence-electron chi connectivity index (χ3n) is 4.28. The van der Waals surface area contributed by atoms with Gasteiger partial charge < -0.3 is 44.5 Å². The minimum Gasteiger partial charge on any atom is -0.479 e. The predicted octanol–water partition coefficient (Wildman–Crippen LogP) is -2.55. The summed E-state index contributed by atoms with van der Waals surface area (Å²) in [6.07, 6.45) is -10.4. The zero-order valence-electron chi connectivity index (χ0n) is 13.4. The third kappa shape index (κ3) is 3.86. The van der Waals surface area contributed by atoms with Crippen molar-refractivity contribution in [3.63, 3.8) is 0 Å². The second-order valence-corrected chi connectivity index (χ2v) is 6.01. The molecule has 2 fully saturated rings. The SMILES string of the molecule is COC1[C@H](C(=O)O)O[C@H](O[C@H]2CC(C)O[C@@H](CO)C2O)[C@@H](O)[C@H]1O. The molecule has 3 unspecified atom stereocenters. The highest BCUT2D eigenvalue weighted by molar-refractivity contribution is 5.73. The van der Waals surface area contributed by atoms with Crippen molar-refractivity contribution in [3.05, 3.63) is 0 Å². The van der Waals surface area contributed by atoms with Gasteiger partial charge in [-0.05, 0) is 6.92 Å². The van der Waals surface area contributed by atoms with Crippen LogP contribution in [0.15, 0.2) is 0 Å². The van der Waals surface area contributed by atoms with Gasteiger partial charge in [0.2, 0.25) is 0 Å². The summed E-state index contributed by atoms with van der Waals surface area (Å²) < 4.78 is 21.0. The van der Waals surface area contributed by atoms with Gasteiger partial charge in [-0.1, -0.05) is 0 Å². The molecule has 0 radical (unpaired) electrons. The monoisotopic (exact) mass is 352 g/mol. The van der Waals surface area contributed by atoms with E-state index in [9.17, 15) is 30.3 Å². The maximum atomic E-state index is 11.3. The number of aliphatic hydroxyl groups is 4. The predicted molar refractivity (Wildman–Crippen MR) is 76.0 cm³/mol. The number of carboxylic acid groups (broad SMARTS) is 1. The second kappa shape index (κ2) is 8.02. The molecule has 0 aromatic heterocycles. The number of aliphatic carboxylic acids is 1. The van der Waals surface area contributed by atoms with Gasteiger partial charge in [-0.15, -0.1) is 0 Å². The second-order valence-electron chi connectivity index (χ2n) is 6.01. The first-order chi connectivity index (χ1) is 11.3. The van der Waals surface area contributed by atoms with Crippen molar-refractivity contribution in [1.29, 1.82) is 0 Å². The van der Waals surface area contributed by atoms with E-state index in [4.69, 9.17) is 18.9 Å². The van der Waals surface area contributed by atoms with Gasteiger partial charge in [-0.25, -0.2) is 4.79 Å². The van der Waals surface area contributed by atoms with Crippen molar-refractivity contribution in [3.8, 4) is 0 Å². The van der Waals surface area contributed by atoms with E-state index >= 15 is 0 Å². The van der Waals surface area contributed by atoms with Gasteiger partial charge in [-0.3, -0.25) is 0 Å². The molecule has 0 aromatic rings. The molecule has 24 heavy (non-hydrogen) atoms. The van der Waals surface area contributed by atoms with Gasteiger partial charge in [-0.2, -0.15) is 0 Å². The Labute approximate surface area is 138 Å². The molecule has 2 rings (SSSR count). The average molecular weight is 352 g/mol. The summed E-state index contributed by atoms with van der Waals surface area (Å²) in [4.78, 5) is 11.3. The number of ether oxygens (including phenoxy) is 4. The van der Waals surface area contributed by atoms with Crippen LogP contribution in [0.5, 0.6) is 0 Å².